The molecule has 1 aliphatic rings. The molecule has 2 atom stereocenters. The molecule has 1 aromatic heterocycles. The van der Waals surface area contributed by atoms with Crippen molar-refractivity contribution in [3.8, 4) is 0 Å². The van der Waals surface area contributed by atoms with Crippen molar-refractivity contribution >= 4 is 29.0 Å². The Balaban J connectivity index is 1.69. The first-order valence-corrected chi connectivity index (χ1v) is 8.40. The number of hydrogen-bond donors (Lipinski definition) is 2. The van der Waals surface area contributed by atoms with Crippen LogP contribution in [-0.4, -0.2) is 36.0 Å². The Morgan fingerprint density at radius 3 is 3.22 bits per heavy atom. The monoisotopic (exact) mass is 284 g/mol. The molecule has 5 heteroatoms. The second-order valence-corrected chi connectivity index (χ2v) is 6.86. The number of thioether (sulfide) groups is 1. The van der Waals surface area contributed by atoms with Gasteiger partial charge in [-0.15, -0.1) is 11.3 Å². The summed E-state index contributed by atoms with van der Waals surface area (Å²) in [6, 6.07) is 4.73. The summed E-state index contributed by atoms with van der Waals surface area (Å²) >= 11 is 3.67. The van der Waals surface area contributed by atoms with Gasteiger partial charge in [0.2, 0.25) is 5.91 Å². The number of thiophene rings is 1. The maximum atomic E-state index is 11.9. The quantitative estimate of drug-likeness (QED) is 0.867. The second kappa shape index (κ2) is 7.16. The molecule has 0 bridgehead atoms. The van der Waals surface area contributed by atoms with Crippen molar-refractivity contribution in [3.05, 3.63) is 22.4 Å². The minimum absolute atomic E-state index is 0.166. The Bertz CT molecular complexity index is 361. The van der Waals surface area contributed by atoms with E-state index in [1.165, 1.54) is 4.88 Å². The lowest BCUT2D eigenvalue weighted by atomic mass is 10.1. The van der Waals surface area contributed by atoms with Crippen molar-refractivity contribution in [2.24, 2.45) is 0 Å². The fourth-order valence-electron chi connectivity index (χ4n) is 2.09. The third-order valence-electron chi connectivity index (χ3n) is 2.93. The van der Waals surface area contributed by atoms with Gasteiger partial charge < -0.3 is 10.6 Å². The summed E-state index contributed by atoms with van der Waals surface area (Å²) in [7, 11) is 0. The van der Waals surface area contributed by atoms with Crippen LogP contribution in [0.4, 0.5) is 0 Å². The van der Waals surface area contributed by atoms with E-state index in [1.807, 2.05) is 11.8 Å². The highest BCUT2D eigenvalue weighted by Crippen LogP contribution is 2.12. The van der Waals surface area contributed by atoms with Gasteiger partial charge in [-0.05, 0) is 18.4 Å². The first kappa shape index (κ1) is 13.9. The van der Waals surface area contributed by atoms with Crippen LogP contribution in [0.15, 0.2) is 17.5 Å². The number of carbonyl (C=O) groups is 1. The average molecular weight is 284 g/mol. The van der Waals surface area contributed by atoms with E-state index in [0.717, 1.165) is 24.5 Å². The highest BCUT2D eigenvalue weighted by Gasteiger charge is 2.17. The van der Waals surface area contributed by atoms with E-state index >= 15 is 0 Å². The van der Waals surface area contributed by atoms with Crippen molar-refractivity contribution in [2.45, 2.75) is 31.8 Å². The second-order valence-electron chi connectivity index (χ2n) is 4.68. The van der Waals surface area contributed by atoms with Crippen molar-refractivity contribution < 1.29 is 4.79 Å². The summed E-state index contributed by atoms with van der Waals surface area (Å²) in [5.41, 5.74) is 0. The molecule has 2 N–H and O–H groups in total. The zero-order valence-corrected chi connectivity index (χ0v) is 12.3. The normalized spacial score (nSPS) is 21.5. The fourth-order valence-corrected chi connectivity index (χ4v) is 3.87. The molecule has 0 spiro atoms. The van der Waals surface area contributed by atoms with Gasteiger partial charge in [0.1, 0.15) is 0 Å². The highest BCUT2D eigenvalue weighted by atomic mass is 32.2. The molecular weight excluding hydrogens is 264 g/mol. The Labute approximate surface area is 117 Å². The average Bonchev–Trinajstić information content (AvgIpc) is 2.82. The number of hydrogen-bond acceptors (Lipinski definition) is 4. The van der Waals surface area contributed by atoms with Gasteiger partial charge in [-0.2, -0.15) is 11.8 Å². The number of carbonyl (C=O) groups excluding carboxylic acids is 1. The van der Waals surface area contributed by atoms with Crippen LogP contribution in [0, 0.1) is 0 Å². The van der Waals surface area contributed by atoms with Gasteiger partial charge in [0.25, 0.3) is 0 Å². The molecule has 1 aromatic rings. The third kappa shape index (κ3) is 4.63. The third-order valence-corrected chi connectivity index (χ3v) is 4.95. The molecule has 2 unspecified atom stereocenters. The Morgan fingerprint density at radius 2 is 2.56 bits per heavy atom. The van der Waals surface area contributed by atoms with Crippen LogP contribution in [0.3, 0.4) is 0 Å². The molecule has 100 valence electrons. The lowest BCUT2D eigenvalue weighted by molar-refractivity contribution is -0.122. The smallest absolute Gasteiger partial charge is 0.221 e. The lowest BCUT2D eigenvalue weighted by Crippen LogP contribution is -2.43. The molecule has 1 aliphatic heterocycles. The molecule has 1 saturated heterocycles. The van der Waals surface area contributed by atoms with E-state index < -0.39 is 0 Å². The predicted octanol–water partition coefficient (Wildman–Crippen LogP) is 1.89. The molecule has 0 radical (unpaired) electrons. The molecule has 1 amide bonds. The van der Waals surface area contributed by atoms with E-state index in [0.29, 0.717) is 12.5 Å². The van der Waals surface area contributed by atoms with Crippen LogP contribution in [0.2, 0.25) is 0 Å². The summed E-state index contributed by atoms with van der Waals surface area (Å²) in [5, 5.41) is 8.55. The van der Waals surface area contributed by atoms with Gasteiger partial charge in [-0.3, -0.25) is 4.79 Å². The Hall–Kier alpha value is -0.520. The van der Waals surface area contributed by atoms with Gasteiger partial charge in [0.05, 0.1) is 0 Å². The topological polar surface area (TPSA) is 41.1 Å². The van der Waals surface area contributed by atoms with Gasteiger partial charge in [0, 0.05) is 47.9 Å². The minimum atomic E-state index is 0.166. The van der Waals surface area contributed by atoms with Gasteiger partial charge in [0.15, 0.2) is 0 Å². The maximum Gasteiger partial charge on any atom is 0.221 e. The fraction of sp³-hybridized carbons (Fsp3) is 0.615. The molecule has 0 saturated carbocycles. The summed E-state index contributed by atoms with van der Waals surface area (Å²) in [6.07, 6.45) is 1.53. The van der Waals surface area contributed by atoms with Crippen molar-refractivity contribution in [2.75, 3.05) is 18.1 Å². The maximum absolute atomic E-state index is 11.9. The van der Waals surface area contributed by atoms with E-state index in [2.05, 4.69) is 35.1 Å². The molecule has 0 aliphatic carbocycles. The predicted molar refractivity (Wildman–Crippen MR) is 79.4 cm³/mol. The van der Waals surface area contributed by atoms with Crippen LogP contribution in [0.1, 0.15) is 18.2 Å². The van der Waals surface area contributed by atoms with Gasteiger partial charge in [-0.1, -0.05) is 6.07 Å². The Kier molecular flexibility index (Phi) is 5.53. The van der Waals surface area contributed by atoms with Gasteiger partial charge in [-0.25, -0.2) is 0 Å². The molecule has 3 nitrogen and oxygen atoms in total. The largest absolute Gasteiger partial charge is 0.353 e. The zero-order chi connectivity index (χ0) is 12.8. The summed E-state index contributed by atoms with van der Waals surface area (Å²) in [6.45, 7) is 3.09. The molecular formula is C13H20N2OS2. The lowest BCUT2D eigenvalue weighted by Gasteiger charge is -2.23. The zero-order valence-electron chi connectivity index (χ0n) is 10.6. The molecule has 0 aromatic carbocycles. The minimum Gasteiger partial charge on any atom is -0.353 e. The van der Waals surface area contributed by atoms with E-state index in [4.69, 9.17) is 0 Å². The number of nitrogens with one attached hydrogen (secondary N) is 2. The molecule has 1 fully saturated rings. The SMILES string of the molecule is CC(Cc1cccs1)NC(=O)CC1CSCCN1. The summed E-state index contributed by atoms with van der Waals surface area (Å²) in [4.78, 5) is 13.2. The highest BCUT2D eigenvalue weighted by molar-refractivity contribution is 7.99. The number of amides is 1. The Morgan fingerprint density at radius 1 is 1.67 bits per heavy atom. The van der Waals surface area contributed by atoms with Crippen molar-refractivity contribution in [1.82, 2.24) is 10.6 Å². The summed E-state index contributed by atoms with van der Waals surface area (Å²) in [5.74, 6) is 2.37. The van der Waals surface area contributed by atoms with Crippen LogP contribution >= 0.6 is 23.1 Å². The van der Waals surface area contributed by atoms with Crippen LogP contribution in [-0.2, 0) is 11.2 Å². The molecule has 18 heavy (non-hydrogen) atoms. The van der Waals surface area contributed by atoms with Crippen LogP contribution in [0.5, 0.6) is 0 Å². The number of rotatable bonds is 5. The standard InChI is InChI=1S/C13H20N2OS2/c1-10(7-12-3-2-5-18-12)15-13(16)8-11-9-17-6-4-14-11/h2-3,5,10-11,14H,4,6-9H2,1H3,(H,15,16). The molecule has 2 heterocycles. The van der Waals surface area contributed by atoms with E-state index in [9.17, 15) is 4.79 Å². The van der Waals surface area contributed by atoms with Crippen molar-refractivity contribution in [1.29, 1.82) is 0 Å². The summed E-state index contributed by atoms with van der Waals surface area (Å²) < 4.78 is 0. The van der Waals surface area contributed by atoms with Gasteiger partial charge >= 0.3 is 0 Å². The first-order valence-electron chi connectivity index (χ1n) is 6.37. The van der Waals surface area contributed by atoms with E-state index in [-0.39, 0.29) is 11.9 Å². The van der Waals surface area contributed by atoms with Crippen LogP contribution in [0.25, 0.3) is 0 Å². The molecule has 2 rings (SSSR count). The first-order chi connectivity index (χ1) is 8.74. The van der Waals surface area contributed by atoms with Crippen LogP contribution < -0.4 is 10.6 Å². The van der Waals surface area contributed by atoms with E-state index in [1.54, 1.807) is 11.3 Å². The van der Waals surface area contributed by atoms with Crippen molar-refractivity contribution in [3.63, 3.8) is 0 Å².